The first-order valence-electron chi connectivity index (χ1n) is 5.67. The molecule has 0 amide bonds. The smallest absolute Gasteiger partial charge is 0.178 e. The van der Waals surface area contributed by atoms with Crippen molar-refractivity contribution in [1.29, 1.82) is 0 Å². The molecule has 2 aromatic rings. The number of benzene rings is 1. The van der Waals surface area contributed by atoms with Gasteiger partial charge in [0.15, 0.2) is 4.77 Å². The number of nitrogens with zero attached hydrogens (tertiary/aromatic N) is 1. The molecule has 2 rings (SSSR count). The number of imidazole rings is 1. The number of hydrogen-bond acceptors (Lipinski definition) is 2. The Morgan fingerprint density at radius 1 is 1.41 bits per heavy atom. The van der Waals surface area contributed by atoms with Crippen molar-refractivity contribution >= 4 is 23.3 Å². The molecule has 0 aliphatic heterocycles. The molecular formula is C13H18N2OS. The maximum absolute atomic E-state index is 5.43. The van der Waals surface area contributed by atoms with Crippen molar-refractivity contribution in [3.05, 3.63) is 28.5 Å². The summed E-state index contributed by atoms with van der Waals surface area (Å²) in [5, 5.41) is 0. The van der Waals surface area contributed by atoms with Crippen LogP contribution in [-0.2, 0) is 10.3 Å². The van der Waals surface area contributed by atoms with E-state index in [0.29, 0.717) is 6.61 Å². The van der Waals surface area contributed by atoms with Gasteiger partial charge < -0.3 is 14.3 Å². The molecule has 0 radical (unpaired) electrons. The van der Waals surface area contributed by atoms with Crippen LogP contribution in [0.4, 0.5) is 0 Å². The van der Waals surface area contributed by atoms with Crippen LogP contribution >= 0.6 is 12.2 Å². The Morgan fingerprint density at radius 3 is 2.76 bits per heavy atom. The number of H-pyrrole nitrogens is 1. The molecule has 0 aliphatic rings. The zero-order valence-corrected chi connectivity index (χ0v) is 11.5. The van der Waals surface area contributed by atoms with Gasteiger partial charge in [-0.3, -0.25) is 0 Å². The Bertz CT molecular complexity index is 595. The highest BCUT2D eigenvalue weighted by molar-refractivity contribution is 7.71. The van der Waals surface area contributed by atoms with E-state index in [1.54, 1.807) is 7.11 Å². The second-order valence-electron chi connectivity index (χ2n) is 4.98. The third-order valence-corrected chi connectivity index (χ3v) is 3.31. The number of hydrogen-bond donors (Lipinski definition) is 1. The lowest BCUT2D eigenvalue weighted by molar-refractivity contribution is 0.111. The minimum Gasteiger partial charge on any atom is -0.382 e. The lowest BCUT2D eigenvalue weighted by Crippen LogP contribution is -2.31. The summed E-state index contributed by atoms with van der Waals surface area (Å²) in [4.78, 5) is 3.28. The fraction of sp³-hybridized carbons (Fsp3) is 0.462. The van der Waals surface area contributed by atoms with Gasteiger partial charge in [-0.2, -0.15) is 0 Å². The van der Waals surface area contributed by atoms with Crippen LogP contribution in [0, 0.1) is 11.7 Å². The molecule has 1 aromatic carbocycles. The van der Waals surface area contributed by atoms with Gasteiger partial charge in [0.05, 0.1) is 23.2 Å². The average molecular weight is 250 g/mol. The largest absolute Gasteiger partial charge is 0.382 e. The van der Waals surface area contributed by atoms with Gasteiger partial charge in [0.2, 0.25) is 0 Å². The normalized spacial score (nSPS) is 12.2. The number of methoxy groups -OCH3 is 1. The van der Waals surface area contributed by atoms with Crippen LogP contribution in [0.3, 0.4) is 0 Å². The zero-order valence-electron chi connectivity index (χ0n) is 10.7. The van der Waals surface area contributed by atoms with Gasteiger partial charge in [-0.1, -0.05) is 12.1 Å². The maximum Gasteiger partial charge on any atom is 0.178 e. The Balaban J connectivity index is 2.74. The molecule has 1 heterocycles. The van der Waals surface area contributed by atoms with E-state index in [-0.39, 0.29) is 5.54 Å². The summed E-state index contributed by atoms with van der Waals surface area (Å²) >= 11 is 5.43. The molecule has 1 aromatic heterocycles. The van der Waals surface area contributed by atoms with Gasteiger partial charge in [-0.15, -0.1) is 0 Å². The lowest BCUT2D eigenvalue weighted by atomic mass is 10.1. The van der Waals surface area contributed by atoms with E-state index < -0.39 is 0 Å². The van der Waals surface area contributed by atoms with Crippen molar-refractivity contribution in [2.24, 2.45) is 0 Å². The molecular weight excluding hydrogens is 232 g/mol. The monoisotopic (exact) mass is 250 g/mol. The predicted molar refractivity (Wildman–Crippen MR) is 73.1 cm³/mol. The van der Waals surface area contributed by atoms with Gasteiger partial charge in [0, 0.05) is 7.11 Å². The van der Waals surface area contributed by atoms with Gasteiger partial charge in [-0.05, 0) is 44.6 Å². The molecule has 92 valence electrons. The van der Waals surface area contributed by atoms with Crippen molar-refractivity contribution in [3.8, 4) is 0 Å². The van der Waals surface area contributed by atoms with E-state index in [2.05, 4.69) is 48.5 Å². The fourth-order valence-electron chi connectivity index (χ4n) is 2.29. The van der Waals surface area contributed by atoms with Crippen LogP contribution in [0.1, 0.15) is 19.4 Å². The van der Waals surface area contributed by atoms with Gasteiger partial charge in [0.1, 0.15) is 0 Å². The first-order chi connectivity index (χ1) is 7.97. The molecule has 0 saturated heterocycles. The molecule has 1 N–H and O–H groups in total. The van der Waals surface area contributed by atoms with Crippen LogP contribution < -0.4 is 0 Å². The molecule has 0 atom stereocenters. The number of aromatic nitrogens is 2. The summed E-state index contributed by atoms with van der Waals surface area (Å²) < 4.78 is 8.16. The summed E-state index contributed by atoms with van der Waals surface area (Å²) in [5.74, 6) is 0. The summed E-state index contributed by atoms with van der Waals surface area (Å²) in [6.07, 6.45) is 0. The number of rotatable bonds is 3. The summed E-state index contributed by atoms with van der Waals surface area (Å²) in [7, 11) is 1.71. The Labute approximate surface area is 106 Å². The van der Waals surface area contributed by atoms with Crippen molar-refractivity contribution in [2.45, 2.75) is 26.3 Å². The molecule has 3 nitrogen and oxygen atoms in total. The van der Waals surface area contributed by atoms with Gasteiger partial charge in [-0.25, -0.2) is 0 Å². The Morgan fingerprint density at radius 2 is 2.12 bits per heavy atom. The highest BCUT2D eigenvalue weighted by atomic mass is 32.1. The fourth-order valence-corrected chi connectivity index (χ4v) is 2.74. The summed E-state index contributed by atoms with van der Waals surface area (Å²) in [6, 6.07) is 6.23. The van der Waals surface area contributed by atoms with Crippen molar-refractivity contribution < 1.29 is 4.74 Å². The van der Waals surface area contributed by atoms with Crippen molar-refractivity contribution in [3.63, 3.8) is 0 Å². The number of fused-ring (bicyclic) bond motifs is 1. The van der Waals surface area contributed by atoms with Crippen LogP contribution in [0.2, 0.25) is 0 Å². The van der Waals surface area contributed by atoms with Crippen LogP contribution in [0.25, 0.3) is 11.0 Å². The van der Waals surface area contributed by atoms with E-state index in [1.165, 1.54) is 5.56 Å². The molecule has 4 heteroatoms. The number of para-hydroxylation sites is 1. The Kier molecular flexibility index (Phi) is 3.10. The highest BCUT2D eigenvalue weighted by Gasteiger charge is 2.23. The van der Waals surface area contributed by atoms with Gasteiger partial charge in [0.25, 0.3) is 0 Å². The second-order valence-corrected chi connectivity index (χ2v) is 5.37. The first kappa shape index (κ1) is 12.3. The van der Waals surface area contributed by atoms with E-state index in [9.17, 15) is 0 Å². The predicted octanol–water partition coefficient (Wildman–Crippen LogP) is 3.39. The molecule has 17 heavy (non-hydrogen) atoms. The van der Waals surface area contributed by atoms with Crippen LogP contribution in [0.5, 0.6) is 0 Å². The van der Waals surface area contributed by atoms with E-state index >= 15 is 0 Å². The minimum atomic E-state index is -0.155. The topological polar surface area (TPSA) is 29.9 Å². The highest BCUT2D eigenvalue weighted by Crippen LogP contribution is 2.25. The number of nitrogens with one attached hydrogen (secondary N) is 1. The van der Waals surface area contributed by atoms with E-state index in [4.69, 9.17) is 17.0 Å². The number of aryl methyl sites for hydroxylation is 1. The standard InChI is InChI=1S/C13H18N2OS/c1-9-6-5-7-10-11(9)14-12(17)15(10)13(2,3)8-16-4/h5-7H,8H2,1-4H3,(H,14,17). The first-order valence-corrected chi connectivity index (χ1v) is 6.08. The number of aromatic amines is 1. The van der Waals surface area contributed by atoms with E-state index in [0.717, 1.165) is 15.8 Å². The molecule has 0 bridgehead atoms. The summed E-state index contributed by atoms with van der Waals surface area (Å²) in [5.41, 5.74) is 3.30. The van der Waals surface area contributed by atoms with E-state index in [1.807, 2.05) is 0 Å². The van der Waals surface area contributed by atoms with Crippen LogP contribution in [0.15, 0.2) is 18.2 Å². The third kappa shape index (κ3) is 2.03. The van der Waals surface area contributed by atoms with Crippen molar-refractivity contribution in [2.75, 3.05) is 13.7 Å². The second kappa shape index (κ2) is 4.27. The third-order valence-electron chi connectivity index (χ3n) is 3.03. The SMILES string of the molecule is COCC(C)(C)n1c(=S)[nH]c2c(C)cccc21. The van der Waals surface area contributed by atoms with Crippen molar-refractivity contribution in [1.82, 2.24) is 9.55 Å². The molecule has 0 fully saturated rings. The number of ether oxygens (including phenoxy) is 1. The molecule has 0 unspecified atom stereocenters. The Hall–Kier alpha value is -1.13. The molecule has 0 saturated carbocycles. The maximum atomic E-state index is 5.43. The van der Waals surface area contributed by atoms with Gasteiger partial charge >= 0.3 is 0 Å². The zero-order chi connectivity index (χ0) is 12.6. The lowest BCUT2D eigenvalue weighted by Gasteiger charge is -2.26. The molecule has 0 spiro atoms. The minimum absolute atomic E-state index is 0.155. The summed E-state index contributed by atoms with van der Waals surface area (Å²) in [6.45, 7) is 6.97. The van der Waals surface area contributed by atoms with Crippen LogP contribution in [-0.4, -0.2) is 23.3 Å². The quantitative estimate of drug-likeness (QED) is 0.846. The molecule has 0 aliphatic carbocycles. The average Bonchev–Trinajstić information content (AvgIpc) is 2.56.